The predicted octanol–water partition coefficient (Wildman–Crippen LogP) is 9.66. The first-order valence-electron chi connectivity index (χ1n) is 20.6. The van der Waals surface area contributed by atoms with Gasteiger partial charge in [-0.05, 0) is 140 Å². The summed E-state index contributed by atoms with van der Waals surface area (Å²) < 4.78 is 58.2. The molecular weight excluding hydrogens is 1150 g/mol. The van der Waals surface area contributed by atoms with Gasteiger partial charge in [0, 0.05) is 46.8 Å². The second kappa shape index (κ2) is 29.3. The first kappa shape index (κ1) is 62.9. The average molecular weight is 1210 g/mol. The van der Waals surface area contributed by atoms with Gasteiger partial charge in [-0.3, -0.25) is 9.97 Å². The number of nitrogens with zero attached hydrogens (tertiary/aromatic N) is 4. The first-order chi connectivity index (χ1) is 30.4. The van der Waals surface area contributed by atoms with Gasteiger partial charge in [-0.25, -0.2) is 16.8 Å². The van der Waals surface area contributed by atoms with Crippen LogP contribution in [-0.2, 0) is 40.5 Å². The van der Waals surface area contributed by atoms with Crippen LogP contribution in [0.15, 0.2) is 153 Å². The van der Waals surface area contributed by atoms with Crippen molar-refractivity contribution in [1.82, 2.24) is 18.6 Å². The molecule has 2 aromatic heterocycles. The van der Waals surface area contributed by atoms with E-state index in [0.29, 0.717) is 22.9 Å². The summed E-state index contributed by atoms with van der Waals surface area (Å²) in [5.41, 5.74) is 8.17. The molecule has 2 aliphatic heterocycles. The molecule has 368 valence electrons. The van der Waals surface area contributed by atoms with Crippen molar-refractivity contribution in [2.24, 2.45) is 0 Å². The molecule has 8 rings (SSSR count). The Balaban J connectivity index is 0.000000514. The molecule has 0 saturated carbocycles. The van der Waals surface area contributed by atoms with Gasteiger partial charge < -0.3 is 34.9 Å². The van der Waals surface area contributed by atoms with E-state index in [-0.39, 0.29) is 59.8 Å². The quantitative estimate of drug-likeness (QED) is 0.0847. The van der Waals surface area contributed by atoms with E-state index in [0.717, 1.165) is 73.6 Å². The molecule has 2 atom stereocenters. The Labute approximate surface area is 441 Å². The van der Waals surface area contributed by atoms with Crippen LogP contribution < -0.4 is 0 Å². The smallest absolute Gasteiger partial charge is 0.429 e. The largest absolute Gasteiger partial charge is 2.00 e. The molecule has 2 saturated heterocycles. The van der Waals surface area contributed by atoms with Gasteiger partial charge in [0.15, 0.2) is 0 Å². The number of rotatable bonds is 8. The fourth-order valence-corrected chi connectivity index (χ4v) is 12.0. The van der Waals surface area contributed by atoms with Gasteiger partial charge in [-0.2, -0.15) is 8.61 Å². The second-order valence-corrected chi connectivity index (χ2v) is 20.9. The molecule has 2 aliphatic rings. The maximum atomic E-state index is 13.4. The first-order valence-corrected chi connectivity index (χ1v) is 25.1. The van der Waals surface area contributed by atoms with Crippen molar-refractivity contribution in [1.29, 1.82) is 0 Å². The van der Waals surface area contributed by atoms with Crippen LogP contribution in [0.3, 0.4) is 0 Å². The summed E-state index contributed by atoms with van der Waals surface area (Å²) in [4.78, 5) is 8.90. The van der Waals surface area contributed by atoms with Crippen molar-refractivity contribution < 1.29 is 57.4 Å². The number of aryl methyl sites for hydroxylation is 4. The molecule has 4 aromatic carbocycles. The standard InChI is InChI=1S/C23H24N2O2S.C17H18BrNO2S.C6H6BrN.2CH3.B2H4O4.ClH.Pd/c1-17-7-3-4-11-23(17)28(26,27)25-14-6-10-22(25)20-9-5-8-19(15-20)21-12-13-24-16-18(21)2;1-13-6-2-3-10-17(13)22(20,21)19-11-5-9-16(19)14-7-4-8-15(18)12-14;1-5-4-8-3-2-6(5)7;;;3-1(4)2(5)6;;/h3-5,7-9,11-13,15-16,22H,6,10,14H2,1-2H3;2-4,6-8,10,12,16H,5,9,11H2,1H3;2-4H,1H3;2*1H3;3-6H;1H;/q;;;2*-1;;;+2. The van der Waals surface area contributed by atoms with Crippen molar-refractivity contribution in [2.45, 2.75) is 75.3 Å². The summed E-state index contributed by atoms with van der Waals surface area (Å²) in [6, 6.07) is 34.3. The minimum absolute atomic E-state index is 0. The number of benzene rings is 4. The third-order valence-corrected chi connectivity index (χ3v) is 16.3. The number of aromatic nitrogens is 2. The normalized spacial score (nSPS) is 15.4. The number of sulfonamides is 2. The van der Waals surface area contributed by atoms with Crippen LogP contribution in [0.1, 0.15) is 71.1 Å². The molecule has 20 heteroatoms. The molecular formula is C48H59B2Br2ClN4O8PdS2. The minimum atomic E-state index is -3.53. The molecule has 4 heterocycles. The number of hydrogen-bond donors (Lipinski definition) is 4. The summed E-state index contributed by atoms with van der Waals surface area (Å²) in [5.74, 6) is 0. The molecule has 0 radical (unpaired) electrons. The molecule has 0 aliphatic carbocycles. The zero-order valence-electron chi connectivity index (χ0n) is 38.8. The summed E-state index contributed by atoms with van der Waals surface area (Å²) in [7, 11) is -11.1. The zero-order valence-corrected chi connectivity index (χ0v) is 45.9. The van der Waals surface area contributed by atoms with E-state index in [2.05, 4.69) is 54.0 Å². The summed E-state index contributed by atoms with van der Waals surface area (Å²) in [5, 5.41) is 30.7. The summed E-state index contributed by atoms with van der Waals surface area (Å²) >= 11 is 6.82. The second-order valence-electron chi connectivity index (χ2n) is 15.4. The number of pyridine rings is 2. The Kier molecular flexibility index (Phi) is 27.1. The summed E-state index contributed by atoms with van der Waals surface area (Å²) in [6.45, 7) is 8.88. The van der Waals surface area contributed by atoms with E-state index in [9.17, 15) is 16.8 Å². The van der Waals surface area contributed by atoms with E-state index in [1.807, 2.05) is 113 Å². The zero-order chi connectivity index (χ0) is 46.6. The predicted molar refractivity (Wildman–Crippen MR) is 280 cm³/mol. The van der Waals surface area contributed by atoms with E-state index in [4.69, 9.17) is 20.1 Å². The van der Waals surface area contributed by atoms with Crippen molar-refractivity contribution in [3.63, 3.8) is 0 Å². The SMILES string of the molecule is Cc1ccccc1S(=O)(=O)N1CCCC1c1cccc(Br)c1.Cc1cnccc1-c1cccc(C2CCCN2S(=O)(=O)c2ccccc2C)c1.Cc1cnccc1Br.Cl.OB(O)B(O)O.[CH3-].[CH3-].[Pd+2]. The van der Waals surface area contributed by atoms with E-state index >= 15 is 0 Å². The third kappa shape index (κ3) is 16.5. The molecule has 68 heavy (non-hydrogen) atoms. The molecule has 2 unspecified atom stereocenters. The number of halogens is 3. The van der Waals surface area contributed by atoms with Crippen LogP contribution in [0.2, 0.25) is 0 Å². The van der Waals surface area contributed by atoms with Crippen LogP contribution in [0.5, 0.6) is 0 Å². The molecule has 2 fully saturated rings. The monoisotopic (exact) mass is 1200 g/mol. The van der Waals surface area contributed by atoms with Crippen LogP contribution in [0.4, 0.5) is 0 Å². The Hall–Kier alpha value is -3.12. The topological polar surface area (TPSA) is 181 Å². The van der Waals surface area contributed by atoms with Gasteiger partial charge in [0.25, 0.3) is 0 Å². The van der Waals surface area contributed by atoms with E-state index in [1.165, 1.54) is 5.56 Å². The Morgan fingerprint density at radius 3 is 1.43 bits per heavy atom. The van der Waals surface area contributed by atoms with Gasteiger partial charge in [-0.1, -0.05) is 98.6 Å². The van der Waals surface area contributed by atoms with Gasteiger partial charge in [-0.15, -0.1) is 12.4 Å². The van der Waals surface area contributed by atoms with Crippen LogP contribution in [0.25, 0.3) is 11.1 Å². The number of hydrogen-bond acceptors (Lipinski definition) is 10. The van der Waals surface area contributed by atoms with Crippen LogP contribution in [0, 0.1) is 42.5 Å². The van der Waals surface area contributed by atoms with Crippen molar-refractivity contribution in [3.8, 4) is 11.1 Å². The maximum absolute atomic E-state index is 13.4. The minimum Gasteiger partial charge on any atom is -0.429 e. The fraction of sp³-hybridized carbons (Fsp3) is 0.250. The van der Waals surface area contributed by atoms with Gasteiger partial charge in [0.05, 0.1) is 21.9 Å². The fourth-order valence-electron chi connectivity index (χ4n) is 7.55. The van der Waals surface area contributed by atoms with Gasteiger partial charge in [0.1, 0.15) is 0 Å². The Bertz CT molecular complexity index is 2710. The third-order valence-electron chi connectivity index (χ3n) is 10.8. The van der Waals surface area contributed by atoms with Gasteiger partial charge in [0.2, 0.25) is 20.0 Å². The van der Waals surface area contributed by atoms with Crippen molar-refractivity contribution in [2.75, 3.05) is 13.1 Å². The Morgan fingerprint density at radius 1 is 0.574 bits per heavy atom. The van der Waals surface area contributed by atoms with Gasteiger partial charge >= 0.3 is 34.4 Å². The maximum Gasteiger partial charge on any atom is 2.00 e. The average Bonchev–Trinajstić information content (AvgIpc) is 3.99. The molecule has 0 spiro atoms. The summed E-state index contributed by atoms with van der Waals surface area (Å²) in [6.07, 6.45) is 10.7. The Morgan fingerprint density at radius 2 is 1.01 bits per heavy atom. The van der Waals surface area contributed by atoms with Crippen molar-refractivity contribution >= 4 is 78.3 Å². The molecule has 0 amide bonds. The van der Waals surface area contributed by atoms with Crippen molar-refractivity contribution in [3.05, 3.63) is 191 Å². The molecule has 6 aromatic rings. The molecule has 12 nitrogen and oxygen atoms in total. The van der Waals surface area contributed by atoms with Crippen LogP contribution in [-0.4, -0.2) is 82.6 Å². The molecule has 0 bridgehead atoms. The van der Waals surface area contributed by atoms with E-state index < -0.39 is 34.1 Å². The van der Waals surface area contributed by atoms with Crippen LogP contribution >= 0.6 is 44.3 Å². The van der Waals surface area contributed by atoms with E-state index in [1.54, 1.807) is 45.3 Å². The molecule has 4 N–H and O–H groups in total.